The van der Waals surface area contributed by atoms with E-state index in [1.165, 1.54) is 0 Å². The van der Waals surface area contributed by atoms with Crippen LogP contribution >= 0.6 is 15.9 Å². The van der Waals surface area contributed by atoms with Crippen molar-refractivity contribution < 1.29 is 0 Å². The second-order valence-corrected chi connectivity index (χ2v) is 1.93. The summed E-state index contributed by atoms with van der Waals surface area (Å²) in [5.41, 5.74) is 0. The van der Waals surface area contributed by atoms with E-state index in [1.54, 1.807) is 6.20 Å². The molecule has 2 heteroatoms. The average molecular weight is 176 g/mol. The van der Waals surface area contributed by atoms with Gasteiger partial charge in [-0.25, -0.2) is 0 Å². The van der Waals surface area contributed by atoms with Gasteiger partial charge in [0.2, 0.25) is 0 Å². The number of aliphatic imine (C=N–C) groups is 1. The Morgan fingerprint density at radius 2 is 2.38 bits per heavy atom. The molecule has 0 heterocycles. The third kappa shape index (κ3) is 5.89. The van der Waals surface area contributed by atoms with Gasteiger partial charge in [-0.3, -0.25) is 4.99 Å². The standard InChI is InChI=1S/C6H10BrN/c1-2-3-5-8-6-4-7/h3,5-6H,2,4H2,1H3/b5-3+,8-6?. The molecule has 0 rings (SSSR count). The van der Waals surface area contributed by atoms with E-state index in [-0.39, 0.29) is 0 Å². The van der Waals surface area contributed by atoms with Crippen LogP contribution in [0.15, 0.2) is 17.3 Å². The summed E-state index contributed by atoms with van der Waals surface area (Å²) in [7, 11) is 0. The minimum absolute atomic E-state index is 0.834. The summed E-state index contributed by atoms with van der Waals surface area (Å²) in [5.74, 6) is 0. The Balaban J connectivity index is 3.13. The van der Waals surface area contributed by atoms with Crippen molar-refractivity contribution in [2.24, 2.45) is 4.99 Å². The maximum absolute atomic E-state index is 3.93. The third-order valence-corrected chi connectivity index (χ3v) is 0.891. The first-order chi connectivity index (χ1) is 3.91. The highest BCUT2D eigenvalue weighted by molar-refractivity contribution is 9.09. The lowest BCUT2D eigenvalue weighted by Gasteiger charge is -1.73. The van der Waals surface area contributed by atoms with Gasteiger partial charge in [0.05, 0.1) is 0 Å². The van der Waals surface area contributed by atoms with Crippen LogP contribution in [0, 0.1) is 0 Å². The largest absolute Gasteiger partial charge is 0.269 e. The van der Waals surface area contributed by atoms with Gasteiger partial charge in [0.15, 0.2) is 0 Å². The van der Waals surface area contributed by atoms with Crippen molar-refractivity contribution in [3.05, 3.63) is 12.3 Å². The lowest BCUT2D eigenvalue weighted by atomic mass is 10.5. The highest BCUT2D eigenvalue weighted by Gasteiger charge is 1.63. The average Bonchev–Trinajstić information content (AvgIpc) is 1.81. The number of alkyl halides is 1. The Morgan fingerprint density at radius 3 is 2.88 bits per heavy atom. The van der Waals surface area contributed by atoms with E-state index in [0.717, 1.165) is 11.8 Å². The van der Waals surface area contributed by atoms with Crippen molar-refractivity contribution in [3.8, 4) is 0 Å². The monoisotopic (exact) mass is 175 g/mol. The lowest BCUT2D eigenvalue weighted by Crippen LogP contribution is -1.67. The van der Waals surface area contributed by atoms with Crippen molar-refractivity contribution in [2.45, 2.75) is 13.3 Å². The number of rotatable bonds is 3. The lowest BCUT2D eigenvalue weighted by molar-refractivity contribution is 1.21. The molecule has 0 fully saturated rings. The van der Waals surface area contributed by atoms with Gasteiger partial charge in [-0.1, -0.05) is 28.9 Å². The molecule has 0 unspecified atom stereocenters. The molecule has 46 valence electrons. The second-order valence-electron chi connectivity index (χ2n) is 1.28. The smallest absolute Gasteiger partial charge is 0.0386 e. The number of hydrogen-bond donors (Lipinski definition) is 0. The van der Waals surface area contributed by atoms with Crippen molar-refractivity contribution in [1.29, 1.82) is 0 Å². The summed E-state index contributed by atoms with van der Waals surface area (Å²) < 4.78 is 0. The van der Waals surface area contributed by atoms with Crippen LogP contribution in [0.4, 0.5) is 0 Å². The Morgan fingerprint density at radius 1 is 1.62 bits per heavy atom. The molecule has 0 saturated heterocycles. The molecule has 0 atom stereocenters. The predicted octanol–water partition coefficient (Wildman–Crippen LogP) is 2.38. The first-order valence-corrected chi connectivity index (χ1v) is 3.76. The van der Waals surface area contributed by atoms with Gasteiger partial charge in [-0.05, 0) is 6.42 Å². The normalized spacial score (nSPS) is 11.8. The van der Waals surface area contributed by atoms with Gasteiger partial charge in [-0.15, -0.1) is 0 Å². The van der Waals surface area contributed by atoms with Crippen LogP contribution in [0.5, 0.6) is 0 Å². The number of hydrogen-bond acceptors (Lipinski definition) is 1. The maximum Gasteiger partial charge on any atom is 0.0386 e. The molecular formula is C6H10BrN. The molecule has 0 aliphatic rings. The van der Waals surface area contributed by atoms with E-state index < -0.39 is 0 Å². The van der Waals surface area contributed by atoms with Crippen molar-refractivity contribution in [2.75, 3.05) is 5.33 Å². The van der Waals surface area contributed by atoms with E-state index in [1.807, 2.05) is 12.3 Å². The molecule has 0 radical (unpaired) electrons. The van der Waals surface area contributed by atoms with Crippen LogP contribution in [0.3, 0.4) is 0 Å². The van der Waals surface area contributed by atoms with Gasteiger partial charge in [0.1, 0.15) is 0 Å². The van der Waals surface area contributed by atoms with Gasteiger partial charge < -0.3 is 0 Å². The summed E-state index contributed by atoms with van der Waals surface area (Å²) in [5, 5.41) is 0.834. The molecule has 0 aromatic rings. The highest BCUT2D eigenvalue weighted by Crippen LogP contribution is 1.80. The van der Waals surface area contributed by atoms with E-state index in [4.69, 9.17) is 0 Å². The molecular weight excluding hydrogens is 166 g/mol. The number of nitrogens with zero attached hydrogens (tertiary/aromatic N) is 1. The molecule has 0 aromatic carbocycles. The summed E-state index contributed by atoms with van der Waals surface area (Å²) in [4.78, 5) is 3.93. The zero-order chi connectivity index (χ0) is 6.24. The van der Waals surface area contributed by atoms with E-state index >= 15 is 0 Å². The molecule has 0 aliphatic heterocycles. The summed E-state index contributed by atoms with van der Waals surface area (Å²) in [6, 6.07) is 0. The number of allylic oxidation sites excluding steroid dienone is 1. The first-order valence-electron chi connectivity index (χ1n) is 2.64. The van der Waals surface area contributed by atoms with E-state index in [0.29, 0.717) is 0 Å². The summed E-state index contributed by atoms with van der Waals surface area (Å²) in [6.45, 7) is 2.08. The summed E-state index contributed by atoms with van der Waals surface area (Å²) >= 11 is 3.22. The number of halogens is 1. The van der Waals surface area contributed by atoms with E-state index in [9.17, 15) is 0 Å². The Hall–Kier alpha value is -0.110. The van der Waals surface area contributed by atoms with Gasteiger partial charge in [0.25, 0.3) is 0 Å². The SMILES string of the molecule is CC/C=C/N=CCBr. The third-order valence-electron chi connectivity index (χ3n) is 0.602. The molecule has 0 N–H and O–H groups in total. The molecule has 0 amide bonds. The fourth-order valence-electron chi connectivity index (χ4n) is 0.267. The van der Waals surface area contributed by atoms with Gasteiger partial charge >= 0.3 is 0 Å². The fourth-order valence-corrected chi connectivity index (χ4v) is 0.434. The first kappa shape index (κ1) is 7.89. The Labute approximate surface area is 58.6 Å². The van der Waals surface area contributed by atoms with Crippen molar-refractivity contribution >= 4 is 22.1 Å². The van der Waals surface area contributed by atoms with Crippen LogP contribution in [0.1, 0.15) is 13.3 Å². The Kier molecular flexibility index (Phi) is 6.80. The van der Waals surface area contributed by atoms with Crippen molar-refractivity contribution in [1.82, 2.24) is 0 Å². The topological polar surface area (TPSA) is 12.4 Å². The molecule has 1 nitrogen and oxygen atoms in total. The zero-order valence-electron chi connectivity index (χ0n) is 4.97. The van der Waals surface area contributed by atoms with Crippen molar-refractivity contribution in [3.63, 3.8) is 0 Å². The minimum Gasteiger partial charge on any atom is -0.269 e. The fraction of sp³-hybridized carbons (Fsp3) is 0.500. The van der Waals surface area contributed by atoms with Crippen LogP contribution in [-0.4, -0.2) is 11.5 Å². The molecule has 0 bridgehead atoms. The molecule has 0 saturated carbocycles. The Bertz CT molecular complexity index is 74.5. The molecule has 0 spiro atoms. The molecule has 0 aromatic heterocycles. The van der Waals surface area contributed by atoms with Crippen LogP contribution in [-0.2, 0) is 0 Å². The maximum atomic E-state index is 3.93. The highest BCUT2D eigenvalue weighted by atomic mass is 79.9. The van der Waals surface area contributed by atoms with Crippen LogP contribution < -0.4 is 0 Å². The molecule has 8 heavy (non-hydrogen) atoms. The zero-order valence-corrected chi connectivity index (χ0v) is 6.56. The van der Waals surface area contributed by atoms with Crippen LogP contribution in [0.2, 0.25) is 0 Å². The van der Waals surface area contributed by atoms with Gasteiger partial charge in [-0.2, -0.15) is 0 Å². The van der Waals surface area contributed by atoms with Crippen LogP contribution in [0.25, 0.3) is 0 Å². The summed E-state index contributed by atoms with van der Waals surface area (Å²) in [6.07, 6.45) is 6.69. The second kappa shape index (κ2) is 6.89. The van der Waals surface area contributed by atoms with E-state index in [2.05, 4.69) is 27.8 Å². The quantitative estimate of drug-likeness (QED) is 0.462. The predicted molar refractivity (Wildman–Crippen MR) is 41.7 cm³/mol. The minimum atomic E-state index is 0.834. The van der Waals surface area contributed by atoms with Gasteiger partial charge in [0, 0.05) is 17.7 Å². The molecule has 0 aliphatic carbocycles.